The fraction of sp³-hybridized carbons (Fsp3) is 0.846. The standard InChI is InChI=1S/C13H24N4O2S/c1-16(2)13-14-12(15-20-13)10-17-6-4-11(5-7-17)19-9-3-8-18/h11,18H,3-10H2,1-2H3. The van der Waals surface area contributed by atoms with Gasteiger partial charge in [-0.25, -0.2) is 4.98 Å². The topological polar surface area (TPSA) is 61.7 Å². The van der Waals surface area contributed by atoms with E-state index in [1.54, 1.807) is 0 Å². The van der Waals surface area contributed by atoms with Crippen LogP contribution >= 0.6 is 11.5 Å². The van der Waals surface area contributed by atoms with Gasteiger partial charge < -0.3 is 14.7 Å². The summed E-state index contributed by atoms with van der Waals surface area (Å²) in [5.74, 6) is 0.915. The highest BCUT2D eigenvalue weighted by Gasteiger charge is 2.20. The molecule has 20 heavy (non-hydrogen) atoms. The summed E-state index contributed by atoms with van der Waals surface area (Å²) in [5, 5.41) is 9.70. The second kappa shape index (κ2) is 7.87. The Morgan fingerprint density at radius 1 is 1.40 bits per heavy atom. The first-order valence-corrected chi connectivity index (χ1v) is 7.91. The number of anilines is 1. The number of piperidine rings is 1. The molecule has 1 saturated heterocycles. The molecule has 2 heterocycles. The fourth-order valence-electron chi connectivity index (χ4n) is 2.24. The van der Waals surface area contributed by atoms with Gasteiger partial charge in [0.05, 0.1) is 12.6 Å². The lowest BCUT2D eigenvalue weighted by Gasteiger charge is -2.31. The smallest absolute Gasteiger partial charge is 0.204 e. The first kappa shape index (κ1) is 15.6. The van der Waals surface area contributed by atoms with Crippen LogP contribution in [0.2, 0.25) is 0 Å². The third kappa shape index (κ3) is 4.66. The summed E-state index contributed by atoms with van der Waals surface area (Å²) in [6, 6.07) is 0. The quantitative estimate of drug-likeness (QED) is 0.757. The van der Waals surface area contributed by atoms with E-state index in [-0.39, 0.29) is 6.61 Å². The lowest BCUT2D eigenvalue weighted by molar-refractivity contribution is 0.000406. The molecule has 0 aromatic carbocycles. The van der Waals surface area contributed by atoms with Crippen LogP contribution in [0.25, 0.3) is 0 Å². The number of nitrogens with zero attached hydrogens (tertiary/aromatic N) is 4. The largest absolute Gasteiger partial charge is 0.396 e. The molecule has 6 nitrogen and oxygen atoms in total. The number of ether oxygens (including phenoxy) is 1. The van der Waals surface area contributed by atoms with Gasteiger partial charge in [-0.1, -0.05) is 0 Å². The van der Waals surface area contributed by atoms with Crippen molar-refractivity contribution in [2.24, 2.45) is 0 Å². The third-order valence-electron chi connectivity index (χ3n) is 3.40. The molecular weight excluding hydrogens is 276 g/mol. The third-order valence-corrected chi connectivity index (χ3v) is 4.32. The maximum atomic E-state index is 8.74. The predicted octanol–water partition coefficient (Wildman–Crippen LogP) is 0.967. The zero-order chi connectivity index (χ0) is 14.4. The van der Waals surface area contributed by atoms with E-state index in [0.29, 0.717) is 12.7 Å². The number of aliphatic hydroxyl groups excluding tert-OH is 1. The predicted molar refractivity (Wildman–Crippen MR) is 80.2 cm³/mol. The van der Waals surface area contributed by atoms with Crippen molar-refractivity contribution < 1.29 is 9.84 Å². The molecule has 0 spiro atoms. The molecule has 0 radical (unpaired) electrons. The molecule has 0 atom stereocenters. The molecule has 1 N–H and O–H groups in total. The first-order valence-electron chi connectivity index (χ1n) is 7.13. The lowest BCUT2D eigenvalue weighted by atomic mass is 10.1. The normalized spacial score (nSPS) is 17.6. The maximum absolute atomic E-state index is 8.74. The van der Waals surface area contributed by atoms with E-state index in [1.807, 2.05) is 19.0 Å². The first-order chi connectivity index (χ1) is 9.69. The summed E-state index contributed by atoms with van der Waals surface area (Å²) >= 11 is 1.45. The van der Waals surface area contributed by atoms with E-state index in [9.17, 15) is 0 Å². The van der Waals surface area contributed by atoms with E-state index < -0.39 is 0 Å². The molecule has 1 aromatic heterocycles. The minimum Gasteiger partial charge on any atom is -0.396 e. The van der Waals surface area contributed by atoms with Crippen molar-refractivity contribution in [2.75, 3.05) is 45.3 Å². The maximum Gasteiger partial charge on any atom is 0.204 e. The van der Waals surface area contributed by atoms with Gasteiger partial charge in [0.1, 0.15) is 0 Å². The molecule has 0 aliphatic carbocycles. The summed E-state index contributed by atoms with van der Waals surface area (Å²) < 4.78 is 10.1. The van der Waals surface area contributed by atoms with Gasteiger partial charge >= 0.3 is 0 Å². The zero-order valence-electron chi connectivity index (χ0n) is 12.3. The number of rotatable bonds is 7. The van der Waals surface area contributed by atoms with E-state index in [1.165, 1.54) is 11.5 Å². The van der Waals surface area contributed by atoms with Crippen molar-refractivity contribution in [3.63, 3.8) is 0 Å². The minimum absolute atomic E-state index is 0.211. The van der Waals surface area contributed by atoms with Crippen molar-refractivity contribution in [2.45, 2.75) is 31.9 Å². The summed E-state index contributed by atoms with van der Waals surface area (Å²) in [5.41, 5.74) is 0. The van der Waals surface area contributed by atoms with Crippen molar-refractivity contribution in [1.29, 1.82) is 0 Å². The van der Waals surface area contributed by atoms with Crippen LogP contribution in [0.3, 0.4) is 0 Å². The Morgan fingerprint density at radius 3 is 2.75 bits per heavy atom. The minimum atomic E-state index is 0.211. The summed E-state index contributed by atoms with van der Waals surface area (Å²) in [6.07, 6.45) is 3.18. The van der Waals surface area contributed by atoms with Crippen molar-refractivity contribution in [3.05, 3.63) is 5.82 Å². The van der Waals surface area contributed by atoms with Crippen LogP contribution in [-0.2, 0) is 11.3 Å². The Morgan fingerprint density at radius 2 is 2.15 bits per heavy atom. The Hall–Kier alpha value is -0.760. The van der Waals surface area contributed by atoms with Crippen molar-refractivity contribution >= 4 is 16.7 Å². The molecule has 1 aliphatic heterocycles. The molecule has 1 aromatic rings. The van der Waals surface area contributed by atoms with E-state index in [4.69, 9.17) is 9.84 Å². The number of aromatic nitrogens is 2. The van der Waals surface area contributed by atoms with Gasteiger partial charge in [0, 0.05) is 51.9 Å². The molecule has 0 amide bonds. The van der Waals surface area contributed by atoms with Crippen LogP contribution < -0.4 is 4.90 Å². The van der Waals surface area contributed by atoms with Crippen LogP contribution in [0.15, 0.2) is 0 Å². The number of likely N-dealkylation sites (tertiary alicyclic amines) is 1. The van der Waals surface area contributed by atoms with Gasteiger partial charge in [-0.3, -0.25) is 4.90 Å². The SMILES string of the molecule is CN(C)c1nc(CN2CCC(OCCCO)CC2)ns1. The Labute approximate surface area is 124 Å². The van der Waals surface area contributed by atoms with Crippen LogP contribution in [-0.4, -0.2) is 65.9 Å². The fourth-order valence-corrected chi connectivity index (χ4v) is 2.83. The molecular formula is C13H24N4O2S. The Bertz CT molecular complexity index is 391. The summed E-state index contributed by atoms with van der Waals surface area (Å²) in [6.45, 7) is 3.76. The van der Waals surface area contributed by atoms with Crippen molar-refractivity contribution in [3.8, 4) is 0 Å². The highest BCUT2D eigenvalue weighted by atomic mass is 32.1. The average molecular weight is 300 g/mol. The van der Waals surface area contributed by atoms with Crippen LogP contribution in [0.1, 0.15) is 25.1 Å². The van der Waals surface area contributed by atoms with Gasteiger partial charge in [0.2, 0.25) is 5.13 Å². The molecule has 1 aliphatic rings. The van der Waals surface area contributed by atoms with Crippen LogP contribution in [0.4, 0.5) is 5.13 Å². The van der Waals surface area contributed by atoms with Gasteiger partial charge in [-0.05, 0) is 19.3 Å². The number of hydrogen-bond donors (Lipinski definition) is 1. The van der Waals surface area contributed by atoms with Gasteiger partial charge in [0.25, 0.3) is 0 Å². The average Bonchev–Trinajstić information content (AvgIpc) is 2.90. The second-order valence-electron chi connectivity index (χ2n) is 5.31. The lowest BCUT2D eigenvalue weighted by Crippen LogP contribution is -2.37. The molecule has 7 heteroatoms. The van der Waals surface area contributed by atoms with Gasteiger partial charge in [0.15, 0.2) is 5.82 Å². The Balaban J connectivity index is 1.71. The van der Waals surface area contributed by atoms with E-state index in [0.717, 1.165) is 49.9 Å². The van der Waals surface area contributed by atoms with Gasteiger partial charge in [-0.2, -0.15) is 4.37 Å². The van der Waals surface area contributed by atoms with Crippen LogP contribution in [0, 0.1) is 0 Å². The highest BCUT2D eigenvalue weighted by molar-refractivity contribution is 7.09. The monoisotopic (exact) mass is 300 g/mol. The molecule has 0 saturated carbocycles. The Kier molecular flexibility index (Phi) is 6.15. The molecule has 1 fully saturated rings. The number of aliphatic hydroxyl groups is 1. The molecule has 0 bridgehead atoms. The second-order valence-corrected chi connectivity index (χ2v) is 6.04. The molecule has 0 unspecified atom stereocenters. The van der Waals surface area contributed by atoms with E-state index in [2.05, 4.69) is 14.3 Å². The molecule has 2 rings (SSSR count). The summed E-state index contributed by atoms with van der Waals surface area (Å²) in [4.78, 5) is 8.89. The zero-order valence-corrected chi connectivity index (χ0v) is 13.1. The molecule has 114 valence electrons. The highest BCUT2D eigenvalue weighted by Crippen LogP contribution is 2.18. The van der Waals surface area contributed by atoms with Crippen molar-refractivity contribution in [1.82, 2.24) is 14.3 Å². The number of hydrogen-bond acceptors (Lipinski definition) is 7. The van der Waals surface area contributed by atoms with Crippen LogP contribution in [0.5, 0.6) is 0 Å². The van der Waals surface area contributed by atoms with Gasteiger partial charge in [-0.15, -0.1) is 0 Å². The summed E-state index contributed by atoms with van der Waals surface area (Å²) in [7, 11) is 3.97. The van der Waals surface area contributed by atoms with E-state index >= 15 is 0 Å².